The number of hydrogen-bond acceptors (Lipinski definition) is 8. The van der Waals surface area contributed by atoms with Crippen molar-refractivity contribution in [2.24, 2.45) is 11.1 Å². The second-order valence-electron chi connectivity index (χ2n) is 9.02. The number of nitro benzene ring substituents is 2. The van der Waals surface area contributed by atoms with Gasteiger partial charge in [0, 0.05) is 35.1 Å². The average molecular weight is 561 g/mol. The van der Waals surface area contributed by atoms with Crippen LogP contribution in [0.3, 0.4) is 0 Å². The lowest BCUT2D eigenvalue weighted by Gasteiger charge is -2.38. The number of nitrogens with one attached hydrogen (secondary N) is 1. The molecule has 1 saturated carbocycles. The number of thioether (sulfide) groups is 1. The Labute approximate surface area is 221 Å². The quantitative estimate of drug-likeness (QED) is 0.237. The van der Waals surface area contributed by atoms with E-state index in [2.05, 4.69) is 5.32 Å². The second kappa shape index (κ2) is 9.60. The molecule has 37 heavy (non-hydrogen) atoms. The zero-order valence-electron chi connectivity index (χ0n) is 19.1. The van der Waals surface area contributed by atoms with Crippen LogP contribution in [-0.4, -0.2) is 28.9 Å². The summed E-state index contributed by atoms with van der Waals surface area (Å²) in [4.78, 5) is 22.5. The minimum atomic E-state index is -3.97. The number of nitro groups is 2. The monoisotopic (exact) mass is 560 g/mol. The standard InChI is InChI=1S/C24H21ClN4O6S2/c25-23-21(36-20-7-2-1-6-19(20)29(32)33)12-17-22(23)16-11-15(37(26,34)35)8-9-18(16)27-24(17)13-4-3-5-14(10-13)28(30)31/h1-11,17,21-24,27H,12H2,(H2,26,34,35)/t17-,21-,22+,23-,24-/m1/s1. The number of nitrogens with zero attached hydrogens (tertiary/aromatic N) is 2. The van der Waals surface area contributed by atoms with Gasteiger partial charge in [-0.3, -0.25) is 20.2 Å². The topological polar surface area (TPSA) is 158 Å². The Morgan fingerprint density at radius 1 is 1.00 bits per heavy atom. The number of anilines is 1. The van der Waals surface area contributed by atoms with E-state index in [1.165, 1.54) is 42.1 Å². The molecular formula is C24H21ClN4O6S2. The van der Waals surface area contributed by atoms with E-state index >= 15 is 0 Å². The molecule has 1 aliphatic carbocycles. The number of fused-ring (bicyclic) bond motifs is 3. The smallest absolute Gasteiger partial charge is 0.282 e. The van der Waals surface area contributed by atoms with E-state index in [0.29, 0.717) is 28.1 Å². The van der Waals surface area contributed by atoms with Crippen LogP contribution >= 0.6 is 23.4 Å². The van der Waals surface area contributed by atoms with E-state index in [-0.39, 0.29) is 39.4 Å². The molecule has 3 aromatic rings. The molecule has 3 aromatic carbocycles. The fourth-order valence-corrected chi connectivity index (χ4v) is 7.80. The molecule has 0 aromatic heterocycles. The maximum atomic E-state index is 12.1. The molecule has 2 aliphatic rings. The molecular weight excluding hydrogens is 540 g/mol. The van der Waals surface area contributed by atoms with Gasteiger partial charge in [-0.1, -0.05) is 24.3 Å². The van der Waals surface area contributed by atoms with Crippen LogP contribution in [0.2, 0.25) is 0 Å². The van der Waals surface area contributed by atoms with E-state index in [1.807, 2.05) is 0 Å². The minimum absolute atomic E-state index is 0.0171. The molecule has 5 atom stereocenters. The summed E-state index contributed by atoms with van der Waals surface area (Å²) in [5.74, 6) is -0.503. The molecule has 1 fully saturated rings. The Balaban J connectivity index is 1.59. The molecule has 5 rings (SSSR count). The summed E-state index contributed by atoms with van der Waals surface area (Å²) in [6.45, 7) is 0. The van der Waals surface area contributed by atoms with Crippen molar-refractivity contribution in [3.63, 3.8) is 0 Å². The number of para-hydroxylation sites is 1. The van der Waals surface area contributed by atoms with Crippen molar-refractivity contribution in [2.75, 3.05) is 5.32 Å². The number of non-ortho nitro benzene ring substituents is 1. The number of primary sulfonamides is 1. The number of rotatable bonds is 6. The van der Waals surface area contributed by atoms with E-state index in [4.69, 9.17) is 16.7 Å². The van der Waals surface area contributed by atoms with Crippen LogP contribution in [0, 0.1) is 26.1 Å². The Hall–Kier alpha value is -3.19. The number of nitrogens with two attached hydrogens (primary N) is 1. The van der Waals surface area contributed by atoms with Crippen molar-refractivity contribution in [3.8, 4) is 0 Å². The number of benzene rings is 3. The van der Waals surface area contributed by atoms with Gasteiger partial charge in [0.15, 0.2) is 0 Å². The van der Waals surface area contributed by atoms with Gasteiger partial charge in [-0.15, -0.1) is 23.4 Å². The van der Waals surface area contributed by atoms with E-state index in [0.717, 1.165) is 0 Å². The van der Waals surface area contributed by atoms with Gasteiger partial charge in [-0.25, -0.2) is 13.6 Å². The Bertz CT molecular complexity index is 1520. The van der Waals surface area contributed by atoms with Crippen molar-refractivity contribution >= 4 is 50.4 Å². The van der Waals surface area contributed by atoms with Crippen molar-refractivity contribution in [2.45, 2.75) is 38.8 Å². The third kappa shape index (κ3) is 4.77. The summed E-state index contributed by atoms with van der Waals surface area (Å²) in [6, 6.07) is 17.0. The lowest BCUT2D eigenvalue weighted by Crippen LogP contribution is -2.31. The van der Waals surface area contributed by atoms with Gasteiger partial charge in [-0.05, 0) is 47.7 Å². The Morgan fingerprint density at radius 2 is 1.76 bits per heavy atom. The molecule has 10 nitrogen and oxygen atoms in total. The van der Waals surface area contributed by atoms with Crippen molar-refractivity contribution in [1.29, 1.82) is 0 Å². The summed E-state index contributed by atoms with van der Waals surface area (Å²) in [6.07, 6.45) is 0.537. The zero-order chi connectivity index (χ0) is 26.5. The Kier molecular flexibility index (Phi) is 6.61. The van der Waals surface area contributed by atoms with Gasteiger partial charge in [0.1, 0.15) is 0 Å². The van der Waals surface area contributed by atoms with E-state index in [9.17, 15) is 28.6 Å². The van der Waals surface area contributed by atoms with E-state index in [1.54, 1.807) is 36.4 Å². The molecule has 0 radical (unpaired) electrons. The zero-order valence-corrected chi connectivity index (χ0v) is 21.4. The fraction of sp³-hybridized carbons (Fsp3) is 0.250. The fourth-order valence-electron chi connectivity index (χ4n) is 5.30. The predicted molar refractivity (Wildman–Crippen MR) is 141 cm³/mol. The largest absolute Gasteiger partial charge is 0.378 e. The van der Waals surface area contributed by atoms with Gasteiger partial charge < -0.3 is 5.32 Å². The highest BCUT2D eigenvalue weighted by Gasteiger charge is 2.50. The first-order valence-electron chi connectivity index (χ1n) is 11.3. The third-order valence-corrected chi connectivity index (χ3v) is 9.92. The maximum absolute atomic E-state index is 12.1. The molecule has 1 aliphatic heterocycles. The van der Waals surface area contributed by atoms with Gasteiger partial charge in [-0.2, -0.15) is 0 Å². The maximum Gasteiger partial charge on any atom is 0.282 e. The SMILES string of the molecule is NS(=O)(=O)c1ccc2c(c1)[C@@H]1[C@H](Cl)[C@H](Sc3ccccc3[N+](=O)[O-])C[C@H]1[C@@H](c1cccc([N+](=O)[O-])c1)N2. The molecule has 3 N–H and O–H groups in total. The van der Waals surface area contributed by atoms with Gasteiger partial charge >= 0.3 is 0 Å². The minimum Gasteiger partial charge on any atom is -0.378 e. The van der Waals surface area contributed by atoms with Gasteiger partial charge in [0.25, 0.3) is 11.4 Å². The van der Waals surface area contributed by atoms with Crippen molar-refractivity contribution < 1.29 is 18.3 Å². The summed E-state index contributed by atoms with van der Waals surface area (Å²) >= 11 is 8.37. The molecule has 0 bridgehead atoms. The lowest BCUT2D eigenvalue weighted by molar-refractivity contribution is -0.387. The molecule has 13 heteroatoms. The highest BCUT2D eigenvalue weighted by atomic mass is 35.5. The lowest BCUT2D eigenvalue weighted by atomic mass is 9.77. The van der Waals surface area contributed by atoms with Crippen molar-refractivity contribution in [3.05, 3.63) is 98.1 Å². The van der Waals surface area contributed by atoms with Gasteiger partial charge in [0.05, 0.1) is 31.1 Å². The summed E-state index contributed by atoms with van der Waals surface area (Å²) in [5.41, 5.74) is 1.98. The van der Waals surface area contributed by atoms with Gasteiger partial charge in [0.2, 0.25) is 10.0 Å². The first-order valence-corrected chi connectivity index (χ1v) is 14.1. The summed E-state index contributed by atoms with van der Waals surface area (Å²) in [5, 5.41) is 31.1. The molecule has 0 unspecified atom stereocenters. The third-order valence-electron chi connectivity index (χ3n) is 6.89. The summed E-state index contributed by atoms with van der Waals surface area (Å²) < 4.78 is 24.2. The number of halogens is 1. The summed E-state index contributed by atoms with van der Waals surface area (Å²) in [7, 11) is -3.97. The molecule has 0 spiro atoms. The molecule has 0 amide bonds. The van der Waals surface area contributed by atoms with Crippen LogP contribution in [0.1, 0.15) is 29.5 Å². The molecule has 1 heterocycles. The van der Waals surface area contributed by atoms with Crippen LogP contribution in [0.5, 0.6) is 0 Å². The predicted octanol–water partition coefficient (Wildman–Crippen LogP) is 5.19. The van der Waals surface area contributed by atoms with Crippen molar-refractivity contribution in [1.82, 2.24) is 0 Å². The molecule has 0 saturated heterocycles. The van der Waals surface area contributed by atoms with Crippen LogP contribution < -0.4 is 10.5 Å². The van der Waals surface area contributed by atoms with E-state index < -0.39 is 25.2 Å². The normalized spacial score (nSPS) is 24.5. The van der Waals surface area contributed by atoms with Crippen LogP contribution in [0.25, 0.3) is 0 Å². The van der Waals surface area contributed by atoms with Crippen LogP contribution in [0.15, 0.2) is 76.5 Å². The average Bonchev–Trinajstić information content (AvgIpc) is 3.19. The highest BCUT2D eigenvalue weighted by Crippen LogP contribution is 2.58. The molecule has 192 valence electrons. The van der Waals surface area contributed by atoms with Crippen LogP contribution in [-0.2, 0) is 10.0 Å². The first kappa shape index (κ1) is 25.5. The van der Waals surface area contributed by atoms with Crippen LogP contribution in [0.4, 0.5) is 17.1 Å². The highest BCUT2D eigenvalue weighted by molar-refractivity contribution is 8.00. The second-order valence-corrected chi connectivity index (χ2v) is 12.4. The number of hydrogen-bond donors (Lipinski definition) is 2. The number of sulfonamides is 1. The number of alkyl halides is 1. The Morgan fingerprint density at radius 3 is 2.46 bits per heavy atom. The first-order chi connectivity index (χ1) is 17.5.